The molecule has 17 heavy (non-hydrogen) atoms. The lowest BCUT2D eigenvalue weighted by molar-refractivity contribution is 0.113. The lowest BCUT2D eigenvalue weighted by Gasteiger charge is -2.28. The summed E-state index contributed by atoms with van der Waals surface area (Å²) in [6.07, 6.45) is 4.52. The van der Waals surface area contributed by atoms with Crippen molar-refractivity contribution in [2.45, 2.75) is 44.4 Å². The van der Waals surface area contributed by atoms with Gasteiger partial charge in [0, 0.05) is 6.54 Å². The largest absolute Gasteiger partial charge is 0.444 e. The van der Waals surface area contributed by atoms with Crippen molar-refractivity contribution in [1.82, 2.24) is 4.90 Å². The summed E-state index contributed by atoms with van der Waals surface area (Å²) in [6.45, 7) is 0.681. The number of carbonyl (C=O) groups excluding carboxylic acids is 1. The Balaban J connectivity index is 1.76. The molecule has 1 saturated carbocycles. The van der Waals surface area contributed by atoms with Gasteiger partial charge in [0.15, 0.2) is 0 Å². The third-order valence-electron chi connectivity index (χ3n) is 3.75. The van der Waals surface area contributed by atoms with Crippen molar-refractivity contribution in [3.8, 4) is 0 Å². The average molecular weight is 231 g/mol. The second-order valence-corrected chi connectivity index (χ2v) is 4.89. The van der Waals surface area contributed by atoms with Crippen molar-refractivity contribution in [2.24, 2.45) is 0 Å². The van der Waals surface area contributed by atoms with E-state index in [-0.39, 0.29) is 12.2 Å². The first-order valence-electron chi connectivity index (χ1n) is 6.36. The summed E-state index contributed by atoms with van der Waals surface area (Å²) < 4.78 is 5.44. The number of hydrogen-bond acceptors (Lipinski definition) is 2. The smallest absolute Gasteiger partial charge is 0.410 e. The van der Waals surface area contributed by atoms with Crippen LogP contribution in [0.5, 0.6) is 0 Å². The van der Waals surface area contributed by atoms with E-state index in [1.165, 1.54) is 18.4 Å². The molecule has 1 aliphatic heterocycles. The van der Waals surface area contributed by atoms with Gasteiger partial charge in [-0.1, -0.05) is 36.8 Å². The van der Waals surface area contributed by atoms with Gasteiger partial charge in [-0.15, -0.1) is 0 Å². The summed E-state index contributed by atoms with van der Waals surface area (Å²) >= 11 is 0. The zero-order valence-corrected chi connectivity index (χ0v) is 9.84. The molecule has 2 atom stereocenters. The second kappa shape index (κ2) is 4.40. The highest BCUT2D eigenvalue weighted by atomic mass is 16.6. The van der Waals surface area contributed by atoms with Crippen molar-refractivity contribution in [1.29, 1.82) is 0 Å². The zero-order chi connectivity index (χ0) is 11.7. The Morgan fingerprint density at radius 1 is 1.18 bits per heavy atom. The molecule has 3 heteroatoms. The van der Waals surface area contributed by atoms with Crippen LogP contribution in [-0.2, 0) is 11.3 Å². The van der Waals surface area contributed by atoms with E-state index in [1.54, 1.807) is 0 Å². The molecule has 1 aliphatic carbocycles. The number of fused-ring (bicyclic) bond motifs is 1. The molecule has 2 aliphatic rings. The predicted octanol–water partition coefficient (Wildman–Crippen LogP) is 2.95. The van der Waals surface area contributed by atoms with E-state index in [0.29, 0.717) is 12.6 Å². The van der Waals surface area contributed by atoms with Crippen molar-refractivity contribution in [2.75, 3.05) is 0 Å². The number of amides is 1. The molecule has 1 heterocycles. The molecule has 0 aromatic heterocycles. The van der Waals surface area contributed by atoms with E-state index in [1.807, 2.05) is 23.1 Å². The van der Waals surface area contributed by atoms with E-state index < -0.39 is 0 Å². The minimum absolute atomic E-state index is 0.134. The summed E-state index contributed by atoms with van der Waals surface area (Å²) in [5.41, 5.74) is 1.18. The molecule has 0 N–H and O–H groups in total. The molecule has 90 valence electrons. The highest BCUT2D eigenvalue weighted by molar-refractivity contribution is 5.70. The van der Waals surface area contributed by atoms with Crippen LogP contribution < -0.4 is 0 Å². The average Bonchev–Trinajstić information content (AvgIpc) is 2.68. The molecule has 1 aromatic carbocycles. The molecule has 1 amide bonds. The van der Waals surface area contributed by atoms with Crippen molar-refractivity contribution < 1.29 is 9.53 Å². The van der Waals surface area contributed by atoms with Gasteiger partial charge in [0.05, 0.1) is 6.04 Å². The quantitative estimate of drug-likeness (QED) is 0.783. The van der Waals surface area contributed by atoms with Gasteiger partial charge in [-0.25, -0.2) is 4.79 Å². The van der Waals surface area contributed by atoms with Crippen LogP contribution in [0.2, 0.25) is 0 Å². The first-order chi connectivity index (χ1) is 8.34. The maximum Gasteiger partial charge on any atom is 0.410 e. The summed E-state index contributed by atoms with van der Waals surface area (Å²) in [4.78, 5) is 13.8. The van der Waals surface area contributed by atoms with E-state index in [0.717, 1.165) is 12.8 Å². The van der Waals surface area contributed by atoms with E-state index in [2.05, 4.69) is 12.1 Å². The zero-order valence-electron chi connectivity index (χ0n) is 9.84. The fourth-order valence-electron chi connectivity index (χ4n) is 2.87. The lowest BCUT2D eigenvalue weighted by atomic mass is 9.92. The first kappa shape index (κ1) is 10.6. The topological polar surface area (TPSA) is 29.5 Å². The molecule has 3 rings (SSSR count). The minimum atomic E-state index is -0.134. The Hall–Kier alpha value is -1.51. The van der Waals surface area contributed by atoms with Gasteiger partial charge in [0.2, 0.25) is 0 Å². The molecular weight excluding hydrogens is 214 g/mol. The van der Waals surface area contributed by atoms with Crippen LogP contribution >= 0.6 is 0 Å². The molecule has 0 spiro atoms. The number of nitrogens with zero attached hydrogens (tertiary/aromatic N) is 1. The van der Waals surface area contributed by atoms with Gasteiger partial charge < -0.3 is 4.74 Å². The van der Waals surface area contributed by atoms with Crippen LogP contribution in [0.3, 0.4) is 0 Å². The molecule has 1 saturated heterocycles. The lowest BCUT2D eigenvalue weighted by Crippen LogP contribution is -2.37. The third kappa shape index (κ3) is 2.02. The number of ether oxygens (including phenoxy) is 1. The molecule has 0 unspecified atom stereocenters. The van der Waals surface area contributed by atoms with Gasteiger partial charge in [-0.05, 0) is 24.8 Å². The van der Waals surface area contributed by atoms with Crippen LogP contribution in [0.25, 0.3) is 0 Å². The van der Waals surface area contributed by atoms with Crippen molar-refractivity contribution in [3.05, 3.63) is 35.9 Å². The normalized spacial score (nSPS) is 27.8. The highest BCUT2D eigenvalue weighted by Crippen LogP contribution is 2.32. The molecule has 2 fully saturated rings. The van der Waals surface area contributed by atoms with Gasteiger partial charge in [-0.2, -0.15) is 0 Å². The van der Waals surface area contributed by atoms with Gasteiger partial charge in [0.25, 0.3) is 0 Å². The van der Waals surface area contributed by atoms with Gasteiger partial charge >= 0.3 is 6.09 Å². The fraction of sp³-hybridized carbons (Fsp3) is 0.500. The summed E-state index contributed by atoms with van der Waals surface area (Å²) in [5.74, 6) is 0. The standard InChI is InChI=1S/C14H17NO2/c16-14-15(10-11-6-2-1-3-7-11)12-8-4-5-9-13(12)17-14/h1-3,6-7,12-13H,4-5,8-10H2/t12-,13-/m1/s1. The summed E-state index contributed by atoms with van der Waals surface area (Å²) in [5, 5.41) is 0. The first-order valence-corrected chi connectivity index (χ1v) is 6.36. The Morgan fingerprint density at radius 2 is 1.94 bits per heavy atom. The number of benzene rings is 1. The maximum absolute atomic E-state index is 11.8. The number of rotatable bonds is 2. The van der Waals surface area contributed by atoms with Gasteiger partial charge in [0.1, 0.15) is 6.10 Å². The number of hydrogen-bond donors (Lipinski definition) is 0. The Bertz CT molecular complexity index is 404. The second-order valence-electron chi connectivity index (χ2n) is 4.89. The van der Waals surface area contributed by atoms with Crippen LogP contribution in [0.15, 0.2) is 30.3 Å². The van der Waals surface area contributed by atoms with Crippen LogP contribution in [0.4, 0.5) is 4.79 Å². The maximum atomic E-state index is 11.8. The van der Waals surface area contributed by atoms with E-state index >= 15 is 0 Å². The Kier molecular flexibility index (Phi) is 2.75. The number of carbonyl (C=O) groups is 1. The Morgan fingerprint density at radius 3 is 2.76 bits per heavy atom. The van der Waals surface area contributed by atoms with Crippen LogP contribution in [-0.4, -0.2) is 23.1 Å². The third-order valence-corrected chi connectivity index (χ3v) is 3.75. The van der Waals surface area contributed by atoms with Crippen LogP contribution in [0.1, 0.15) is 31.2 Å². The minimum Gasteiger partial charge on any atom is -0.444 e. The molecule has 0 radical (unpaired) electrons. The SMILES string of the molecule is O=C1O[C@@H]2CCCC[C@H]2N1Cc1ccccc1. The van der Waals surface area contributed by atoms with Crippen molar-refractivity contribution in [3.63, 3.8) is 0 Å². The molecular formula is C14H17NO2. The fourth-order valence-corrected chi connectivity index (χ4v) is 2.87. The predicted molar refractivity (Wildman–Crippen MR) is 64.5 cm³/mol. The van der Waals surface area contributed by atoms with Crippen molar-refractivity contribution >= 4 is 6.09 Å². The van der Waals surface area contributed by atoms with E-state index in [4.69, 9.17) is 4.74 Å². The van der Waals surface area contributed by atoms with Crippen LogP contribution in [0, 0.1) is 0 Å². The van der Waals surface area contributed by atoms with Gasteiger partial charge in [-0.3, -0.25) is 4.90 Å². The summed E-state index contributed by atoms with van der Waals surface area (Å²) in [6, 6.07) is 10.4. The molecule has 1 aromatic rings. The summed E-state index contributed by atoms with van der Waals surface area (Å²) in [7, 11) is 0. The molecule has 0 bridgehead atoms. The Labute approximate surface area is 101 Å². The van der Waals surface area contributed by atoms with E-state index in [9.17, 15) is 4.79 Å². The monoisotopic (exact) mass is 231 g/mol. The molecule has 3 nitrogen and oxygen atoms in total. The highest BCUT2D eigenvalue weighted by Gasteiger charge is 2.42.